The zero-order valence-electron chi connectivity index (χ0n) is 7.48. The highest BCUT2D eigenvalue weighted by atomic mass is 79.9. The Hall–Kier alpha value is -1.27. The lowest BCUT2D eigenvalue weighted by atomic mass is 10.2. The number of hydrogen-bond acceptors (Lipinski definition) is 4. The van der Waals surface area contributed by atoms with Crippen molar-refractivity contribution < 1.29 is 4.79 Å². The van der Waals surface area contributed by atoms with E-state index in [-0.39, 0.29) is 5.91 Å². The van der Waals surface area contributed by atoms with E-state index in [2.05, 4.69) is 30.6 Å². The van der Waals surface area contributed by atoms with E-state index in [9.17, 15) is 4.79 Å². The minimum Gasteiger partial charge on any atom is -0.297 e. The van der Waals surface area contributed by atoms with Gasteiger partial charge in [-0.2, -0.15) is 4.37 Å². The Balaban J connectivity index is 2.19. The Kier molecular flexibility index (Phi) is 3.08. The Morgan fingerprint density at radius 2 is 2.20 bits per heavy atom. The summed E-state index contributed by atoms with van der Waals surface area (Å²) in [5.74, 6) is -0.195. The molecule has 6 heteroatoms. The highest BCUT2D eigenvalue weighted by molar-refractivity contribution is 9.10. The van der Waals surface area contributed by atoms with E-state index >= 15 is 0 Å². The molecule has 1 heterocycles. The molecule has 15 heavy (non-hydrogen) atoms. The number of carbonyl (C=O) groups excluding carboxylic acids is 1. The summed E-state index contributed by atoms with van der Waals surface area (Å²) in [6.07, 6.45) is 1.40. The molecule has 2 rings (SSSR count). The standard InChI is InChI=1S/C9H6BrN3OS/c10-7-4-2-1-3-6(7)8(14)13-9-11-5-12-15-9/h1-5H,(H,11,12,13,14). The van der Waals surface area contributed by atoms with Gasteiger partial charge in [-0.3, -0.25) is 10.1 Å². The number of rotatable bonds is 2. The molecule has 76 valence electrons. The van der Waals surface area contributed by atoms with Gasteiger partial charge in [-0.1, -0.05) is 12.1 Å². The van der Waals surface area contributed by atoms with Crippen LogP contribution in [0.1, 0.15) is 10.4 Å². The summed E-state index contributed by atoms with van der Waals surface area (Å²) in [6, 6.07) is 7.21. The van der Waals surface area contributed by atoms with Crippen LogP contribution in [0.25, 0.3) is 0 Å². The van der Waals surface area contributed by atoms with Gasteiger partial charge in [0.25, 0.3) is 5.91 Å². The lowest BCUT2D eigenvalue weighted by Crippen LogP contribution is -2.12. The summed E-state index contributed by atoms with van der Waals surface area (Å²) in [6.45, 7) is 0. The van der Waals surface area contributed by atoms with Gasteiger partial charge in [-0.25, -0.2) is 4.98 Å². The maximum Gasteiger partial charge on any atom is 0.258 e. The number of amides is 1. The molecule has 0 atom stereocenters. The SMILES string of the molecule is O=C(Nc1ncns1)c1ccccc1Br. The van der Waals surface area contributed by atoms with Crippen LogP contribution in [0.5, 0.6) is 0 Å². The molecule has 2 aromatic rings. The smallest absolute Gasteiger partial charge is 0.258 e. The van der Waals surface area contributed by atoms with E-state index in [0.717, 1.165) is 16.0 Å². The molecule has 0 saturated heterocycles. The summed E-state index contributed by atoms with van der Waals surface area (Å²) >= 11 is 4.45. The van der Waals surface area contributed by atoms with Crippen molar-refractivity contribution in [3.63, 3.8) is 0 Å². The third-order valence-corrected chi connectivity index (χ3v) is 2.97. The number of carbonyl (C=O) groups is 1. The lowest BCUT2D eigenvalue weighted by Gasteiger charge is -2.02. The predicted octanol–water partition coefficient (Wildman–Crippen LogP) is 2.55. The molecule has 0 aliphatic heterocycles. The number of aromatic nitrogens is 2. The largest absolute Gasteiger partial charge is 0.297 e. The van der Waals surface area contributed by atoms with Crippen LogP contribution in [-0.2, 0) is 0 Å². The summed E-state index contributed by atoms with van der Waals surface area (Å²) in [5.41, 5.74) is 0.577. The van der Waals surface area contributed by atoms with Crippen LogP contribution in [0.3, 0.4) is 0 Å². The molecule has 0 saturated carbocycles. The first-order valence-corrected chi connectivity index (χ1v) is 5.66. The highest BCUT2D eigenvalue weighted by Crippen LogP contribution is 2.17. The molecule has 0 bridgehead atoms. The van der Waals surface area contributed by atoms with Gasteiger partial charge in [0.05, 0.1) is 5.56 Å². The van der Waals surface area contributed by atoms with Crippen LogP contribution in [0, 0.1) is 0 Å². The van der Waals surface area contributed by atoms with Crippen molar-refractivity contribution in [3.05, 3.63) is 40.6 Å². The Morgan fingerprint density at radius 1 is 1.40 bits per heavy atom. The number of nitrogens with one attached hydrogen (secondary N) is 1. The molecule has 0 unspecified atom stereocenters. The van der Waals surface area contributed by atoms with E-state index in [0.29, 0.717) is 10.7 Å². The first kappa shape index (κ1) is 10.3. The lowest BCUT2D eigenvalue weighted by molar-refractivity contribution is 0.102. The van der Waals surface area contributed by atoms with Crippen LogP contribution >= 0.6 is 27.5 Å². The van der Waals surface area contributed by atoms with Gasteiger partial charge in [0.1, 0.15) is 6.33 Å². The van der Waals surface area contributed by atoms with E-state index in [1.54, 1.807) is 12.1 Å². The first-order valence-electron chi connectivity index (χ1n) is 4.10. The molecule has 1 aromatic carbocycles. The fourth-order valence-electron chi connectivity index (χ4n) is 1.04. The first-order chi connectivity index (χ1) is 7.27. The fraction of sp³-hybridized carbons (Fsp3) is 0. The second-order valence-corrected chi connectivity index (χ2v) is 4.31. The number of nitrogens with zero attached hydrogens (tertiary/aromatic N) is 2. The normalized spacial score (nSPS) is 9.93. The number of benzene rings is 1. The average molecular weight is 284 g/mol. The molecule has 0 fully saturated rings. The van der Waals surface area contributed by atoms with Crippen LogP contribution in [0.4, 0.5) is 5.13 Å². The Morgan fingerprint density at radius 3 is 2.87 bits per heavy atom. The van der Waals surface area contributed by atoms with E-state index < -0.39 is 0 Å². The zero-order chi connectivity index (χ0) is 10.7. The molecule has 0 aliphatic rings. The zero-order valence-corrected chi connectivity index (χ0v) is 9.88. The molecular formula is C9H6BrN3OS. The summed E-state index contributed by atoms with van der Waals surface area (Å²) in [5, 5.41) is 3.15. The van der Waals surface area contributed by atoms with E-state index in [1.807, 2.05) is 12.1 Å². The molecule has 0 aliphatic carbocycles. The quantitative estimate of drug-likeness (QED) is 0.922. The summed E-state index contributed by atoms with van der Waals surface area (Å²) in [7, 11) is 0. The number of anilines is 1. The molecule has 1 amide bonds. The van der Waals surface area contributed by atoms with Crippen LogP contribution in [0.15, 0.2) is 35.1 Å². The Bertz CT molecular complexity index is 472. The Labute approximate surface area is 98.7 Å². The van der Waals surface area contributed by atoms with Gasteiger partial charge in [0, 0.05) is 16.0 Å². The molecular weight excluding hydrogens is 278 g/mol. The number of hydrogen-bond donors (Lipinski definition) is 1. The van der Waals surface area contributed by atoms with Gasteiger partial charge in [0.15, 0.2) is 0 Å². The summed E-state index contributed by atoms with van der Waals surface area (Å²) in [4.78, 5) is 15.6. The van der Waals surface area contributed by atoms with Crippen molar-refractivity contribution >= 4 is 38.5 Å². The maximum atomic E-state index is 11.7. The number of halogens is 1. The van der Waals surface area contributed by atoms with Gasteiger partial charge >= 0.3 is 0 Å². The molecule has 1 aromatic heterocycles. The van der Waals surface area contributed by atoms with E-state index in [4.69, 9.17) is 0 Å². The van der Waals surface area contributed by atoms with Crippen molar-refractivity contribution in [3.8, 4) is 0 Å². The second-order valence-electron chi connectivity index (χ2n) is 2.68. The van der Waals surface area contributed by atoms with Crippen LogP contribution in [-0.4, -0.2) is 15.3 Å². The average Bonchev–Trinajstić information content (AvgIpc) is 2.71. The van der Waals surface area contributed by atoms with E-state index in [1.165, 1.54) is 6.33 Å². The minimum absolute atomic E-state index is 0.195. The molecule has 1 N–H and O–H groups in total. The van der Waals surface area contributed by atoms with Crippen molar-refractivity contribution in [2.75, 3.05) is 5.32 Å². The topological polar surface area (TPSA) is 54.9 Å². The maximum absolute atomic E-state index is 11.7. The summed E-state index contributed by atoms with van der Waals surface area (Å²) < 4.78 is 4.55. The van der Waals surface area contributed by atoms with Gasteiger partial charge < -0.3 is 0 Å². The monoisotopic (exact) mass is 283 g/mol. The predicted molar refractivity (Wildman–Crippen MR) is 62.0 cm³/mol. The molecule has 4 nitrogen and oxygen atoms in total. The van der Waals surface area contributed by atoms with Crippen molar-refractivity contribution in [2.24, 2.45) is 0 Å². The molecule has 0 radical (unpaired) electrons. The van der Waals surface area contributed by atoms with Gasteiger partial charge in [-0.05, 0) is 28.1 Å². The van der Waals surface area contributed by atoms with Crippen LogP contribution in [0.2, 0.25) is 0 Å². The minimum atomic E-state index is -0.195. The van der Waals surface area contributed by atoms with Crippen molar-refractivity contribution in [1.82, 2.24) is 9.36 Å². The third kappa shape index (κ3) is 2.40. The van der Waals surface area contributed by atoms with Crippen molar-refractivity contribution in [1.29, 1.82) is 0 Å². The molecule has 0 spiro atoms. The highest BCUT2D eigenvalue weighted by Gasteiger charge is 2.10. The fourth-order valence-corrected chi connectivity index (χ4v) is 1.93. The third-order valence-electron chi connectivity index (χ3n) is 1.70. The van der Waals surface area contributed by atoms with Crippen molar-refractivity contribution in [2.45, 2.75) is 0 Å². The van der Waals surface area contributed by atoms with Gasteiger partial charge in [0.2, 0.25) is 5.13 Å². The van der Waals surface area contributed by atoms with Gasteiger partial charge in [-0.15, -0.1) is 0 Å². The van der Waals surface area contributed by atoms with Crippen LogP contribution < -0.4 is 5.32 Å². The second kappa shape index (κ2) is 4.50.